The first-order chi connectivity index (χ1) is 14.6. The molecule has 0 aromatic heterocycles. The Kier molecular flexibility index (Phi) is 5.40. The zero-order valence-corrected chi connectivity index (χ0v) is 18.0. The van der Waals surface area contributed by atoms with Crippen LogP contribution in [0.3, 0.4) is 0 Å². The van der Waals surface area contributed by atoms with Gasteiger partial charge in [0.25, 0.3) is 5.91 Å². The van der Waals surface area contributed by atoms with Crippen LogP contribution < -0.4 is 15.5 Å². The molecular weight excluding hydrogens is 427 g/mol. The largest absolute Gasteiger partial charge is 0.352 e. The summed E-state index contributed by atoms with van der Waals surface area (Å²) >= 11 is 0. The lowest BCUT2D eigenvalue weighted by molar-refractivity contribution is -0.132. The number of urea groups is 1. The molecule has 2 unspecified atom stereocenters. The van der Waals surface area contributed by atoms with Crippen molar-refractivity contribution in [1.82, 2.24) is 15.5 Å². The topological polar surface area (TPSA) is 116 Å². The molecule has 1 aliphatic carbocycles. The first kappa shape index (κ1) is 21.5. The number of halogens is 1. The maximum absolute atomic E-state index is 13.7. The van der Waals surface area contributed by atoms with Crippen molar-refractivity contribution >= 4 is 33.4 Å². The highest BCUT2D eigenvalue weighted by Crippen LogP contribution is 2.43. The number of sulfone groups is 1. The molecule has 1 saturated carbocycles. The summed E-state index contributed by atoms with van der Waals surface area (Å²) in [6.07, 6.45) is 2.90. The van der Waals surface area contributed by atoms with Crippen LogP contribution in [0, 0.1) is 11.7 Å². The van der Waals surface area contributed by atoms with E-state index >= 15 is 0 Å². The third-order valence-electron chi connectivity index (χ3n) is 6.30. The Morgan fingerprint density at radius 3 is 2.58 bits per heavy atom. The van der Waals surface area contributed by atoms with Gasteiger partial charge in [-0.15, -0.1) is 0 Å². The Bertz CT molecular complexity index is 1030. The molecule has 11 heteroatoms. The van der Waals surface area contributed by atoms with Gasteiger partial charge in [-0.3, -0.25) is 14.9 Å². The third-order valence-corrected chi connectivity index (χ3v) is 7.69. The van der Waals surface area contributed by atoms with E-state index in [0.29, 0.717) is 5.69 Å². The molecule has 0 radical (unpaired) electrons. The van der Waals surface area contributed by atoms with E-state index < -0.39 is 38.5 Å². The Hall–Kier alpha value is -2.69. The van der Waals surface area contributed by atoms with Gasteiger partial charge < -0.3 is 15.1 Å². The molecule has 2 heterocycles. The van der Waals surface area contributed by atoms with E-state index in [-0.39, 0.29) is 44.3 Å². The van der Waals surface area contributed by atoms with Crippen LogP contribution >= 0.6 is 0 Å². The van der Waals surface area contributed by atoms with Gasteiger partial charge in [-0.1, -0.05) is 6.07 Å². The number of amides is 4. The lowest BCUT2D eigenvalue weighted by Crippen LogP contribution is -2.58. The Balaban J connectivity index is 1.46. The number of carbonyl (C=O) groups excluding carboxylic acids is 3. The number of imide groups is 1. The van der Waals surface area contributed by atoms with Crippen LogP contribution in [0.4, 0.5) is 14.9 Å². The highest BCUT2D eigenvalue weighted by molar-refractivity contribution is 7.91. The van der Waals surface area contributed by atoms with Gasteiger partial charge >= 0.3 is 6.03 Å². The van der Waals surface area contributed by atoms with Gasteiger partial charge in [0.05, 0.1) is 6.54 Å². The van der Waals surface area contributed by atoms with Gasteiger partial charge in [0.2, 0.25) is 5.91 Å². The average molecular weight is 453 g/mol. The lowest BCUT2D eigenvalue weighted by atomic mass is 9.87. The van der Waals surface area contributed by atoms with Crippen molar-refractivity contribution in [2.24, 2.45) is 5.92 Å². The summed E-state index contributed by atoms with van der Waals surface area (Å²) in [6.45, 7) is 0.456. The number of anilines is 1. The standard InChI is InChI=1S/C20H25FN4O5S/c1-31(29,30)17-12-24(9-10-25(17)15-4-2-3-14(21)11-15)16(26)7-8-20(13-5-6-13)18(27)22-19(28)23-20/h2-4,11,13,17H,5-10,12H2,1H3,(H2,22,23,27,28). The summed E-state index contributed by atoms with van der Waals surface area (Å²) in [4.78, 5) is 40.0. The predicted molar refractivity (Wildman–Crippen MR) is 110 cm³/mol. The summed E-state index contributed by atoms with van der Waals surface area (Å²) in [5.74, 6) is -1.13. The second-order valence-electron chi connectivity index (χ2n) is 8.45. The first-order valence-electron chi connectivity index (χ1n) is 10.2. The number of benzene rings is 1. The maximum Gasteiger partial charge on any atom is 0.322 e. The Morgan fingerprint density at radius 1 is 1.26 bits per heavy atom. The second kappa shape index (κ2) is 7.77. The van der Waals surface area contributed by atoms with Crippen LogP contribution in [-0.4, -0.2) is 68.0 Å². The third kappa shape index (κ3) is 4.23. The number of hydrogen-bond donors (Lipinski definition) is 2. The molecule has 0 bridgehead atoms. The van der Waals surface area contributed by atoms with Crippen LogP contribution in [0.1, 0.15) is 25.7 Å². The molecule has 168 valence electrons. The molecule has 1 aromatic rings. The highest BCUT2D eigenvalue weighted by Gasteiger charge is 2.55. The monoisotopic (exact) mass is 452 g/mol. The molecule has 2 atom stereocenters. The summed E-state index contributed by atoms with van der Waals surface area (Å²) in [5, 5.41) is 3.95. The normalized spacial score (nSPS) is 26.6. The predicted octanol–water partition coefficient (Wildman–Crippen LogP) is 0.613. The van der Waals surface area contributed by atoms with Crippen LogP contribution in [0.25, 0.3) is 0 Å². The van der Waals surface area contributed by atoms with Crippen molar-refractivity contribution in [3.63, 3.8) is 0 Å². The fraction of sp³-hybridized carbons (Fsp3) is 0.550. The van der Waals surface area contributed by atoms with Gasteiger partial charge in [-0.05, 0) is 43.4 Å². The molecular formula is C20H25FN4O5S. The first-order valence-corrected chi connectivity index (χ1v) is 12.2. The summed E-state index contributed by atoms with van der Waals surface area (Å²) in [5.41, 5.74) is -0.618. The molecule has 1 aromatic carbocycles. The van der Waals surface area contributed by atoms with Crippen LogP contribution in [-0.2, 0) is 19.4 Å². The Labute approximate surface area is 179 Å². The number of carbonyl (C=O) groups is 3. The van der Waals surface area contributed by atoms with Crippen molar-refractivity contribution in [3.05, 3.63) is 30.1 Å². The van der Waals surface area contributed by atoms with E-state index in [4.69, 9.17) is 0 Å². The fourth-order valence-corrected chi connectivity index (χ4v) is 5.65. The molecule has 4 amide bonds. The van der Waals surface area contributed by atoms with E-state index in [1.807, 2.05) is 0 Å². The zero-order chi connectivity index (χ0) is 22.4. The van der Waals surface area contributed by atoms with Crippen molar-refractivity contribution in [1.29, 1.82) is 0 Å². The van der Waals surface area contributed by atoms with E-state index in [1.165, 1.54) is 23.1 Å². The minimum atomic E-state index is -3.58. The lowest BCUT2D eigenvalue weighted by Gasteiger charge is -2.42. The molecule has 0 spiro atoms. The zero-order valence-electron chi connectivity index (χ0n) is 17.1. The van der Waals surface area contributed by atoms with Crippen molar-refractivity contribution < 1.29 is 27.2 Å². The van der Waals surface area contributed by atoms with Gasteiger partial charge in [0.1, 0.15) is 16.7 Å². The summed E-state index contributed by atoms with van der Waals surface area (Å²) in [6, 6.07) is 5.16. The minimum Gasteiger partial charge on any atom is -0.352 e. The molecule has 31 heavy (non-hydrogen) atoms. The number of nitrogens with zero attached hydrogens (tertiary/aromatic N) is 2. The van der Waals surface area contributed by atoms with E-state index in [0.717, 1.165) is 19.1 Å². The van der Waals surface area contributed by atoms with E-state index in [9.17, 15) is 27.2 Å². The van der Waals surface area contributed by atoms with Gasteiger partial charge in [-0.25, -0.2) is 17.6 Å². The van der Waals surface area contributed by atoms with Crippen LogP contribution in [0.2, 0.25) is 0 Å². The molecule has 2 aliphatic heterocycles. The molecule has 2 N–H and O–H groups in total. The molecule has 3 aliphatic rings. The number of hydrogen-bond acceptors (Lipinski definition) is 6. The van der Waals surface area contributed by atoms with Crippen molar-refractivity contribution in [2.45, 2.75) is 36.6 Å². The number of rotatable bonds is 6. The quantitative estimate of drug-likeness (QED) is 0.611. The van der Waals surface area contributed by atoms with Crippen LogP contribution in [0.5, 0.6) is 0 Å². The molecule has 9 nitrogen and oxygen atoms in total. The fourth-order valence-electron chi connectivity index (χ4n) is 4.51. The summed E-state index contributed by atoms with van der Waals surface area (Å²) < 4.78 is 38.5. The number of piperazine rings is 1. The Morgan fingerprint density at radius 2 is 2.00 bits per heavy atom. The smallest absolute Gasteiger partial charge is 0.322 e. The maximum atomic E-state index is 13.7. The second-order valence-corrected chi connectivity index (χ2v) is 10.7. The van der Waals surface area contributed by atoms with E-state index in [1.54, 1.807) is 11.0 Å². The summed E-state index contributed by atoms with van der Waals surface area (Å²) in [7, 11) is -3.58. The SMILES string of the molecule is CS(=O)(=O)C1CN(C(=O)CCC2(C3CC3)NC(=O)NC2=O)CCN1c1cccc(F)c1. The van der Waals surface area contributed by atoms with Crippen molar-refractivity contribution in [2.75, 3.05) is 30.8 Å². The highest BCUT2D eigenvalue weighted by atomic mass is 32.2. The van der Waals surface area contributed by atoms with E-state index in [2.05, 4.69) is 10.6 Å². The van der Waals surface area contributed by atoms with Gasteiger partial charge in [0, 0.05) is 31.5 Å². The average Bonchev–Trinajstić information content (AvgIpc) is 3.51. The molecule has 2 saturated heterocycles. The molecule has 4 rings (SSSR count). The van der Waals surface area contributed by atoms with Crippen LogP contribution in [0.15, 0.2) is 24.3 Å². The minimum absolute atomic E-state index is 0.0142. The van der Waals surface area contributed by atoms with Gasteiger partial charge in [0.15, 0.2) is 9.84 Å². The number of nitrogens with one attached hydrogen (secondary N) is 2. The van der Waals surface area contributed by atoms with Gasteiger partial charge in [-0.2, -0.15) is 0 Å². The molecule has 3 fully saturated rings. The van der Waals surface area contributed by atoms with Crippen molar-refractivity contribution in [3.8, 4) is 0 Å².